The maximum Gasteiger partial charge on any atom is 0.265 e. The van der Waals surface area contributed by atoms with E-state index in [0.717, 1.165) is 12.1 Å². The number of sulfonamides is 1. The van der Waals surface area contributed by atoms with Gasteiger partial charge < -0.3 is 5.11 Å². The molecule has 0 aliphatic heterocycles. The maximum atomic E-state index is 13.1. The van der Waals surface area contributed by atoms with E-state index < -0.39 is 39.8 Å². The van der Waals surface area contributed by atoms with Gasteiger partial charge in [-0.05, 0) is 34.1 Å². The molecule has 18 heavy (non-hydrogen) atoms. The Bertz CT molecular complexity index is 524. The van der Waals surface area contributed by atoms with Crippen LogP contribution in [0.4, 0.5) is 13.2 Å². The molecule has 0 saturated carbocycles. The first-order chi connectivity index (χ1) is 8.24. The Morgan fingerprint density at radius 1 is 1.39 bits per heavy atom. The Balaban J connectivity index is 2.83. The Labute approximate surface area is 110 Å². The van der Waals surface area contributed by atoms with Crippen LogP contribution in [-0.2, 0) is 10.0 Å². The minimum atomic E-state index is -4.13. The van der Waals surface area contributed by atoms with Crippen molar-refractivity contribution < 1.29 is 26.7 Å². The predicted molar refractivity (Wildman–Crippen MR) is 61.3 cm³/mol. The molecule has 1 aromatic carbocycles. The fourth-order valence-corrected chi connectivity index (χ4v) is 2.32. The van der Waals surface area contributed by atoms with Gasteiger partial charge in [0.15, 0.2) is 0 Å². The first-order valence-electron chi connectivity index (χ1n) is 4.65. The molecule has 2 N–H and O–H groups in total. The summed E-state index contributed by atoms with van der Waals surface area (Å²) in [7, 11) is -4.13. The Morgan fingerprint density at radius 2 is 2.00 bits per heavy atom. The van der Waals surface area contributed by atoms with Crippen molar-refractivity contribution in [3.8, 4) is 0 Å². The highest BCUT2D eigenvalue weighted by Crippen LogP contribution is 2.19. The van der Waals surface area contributed by atoms with Crippen molar-refractivity contribution in [2.75, 3.05) is 6.54 Å². The monoisotopic (exact) mass is 347 g/mol. The molecule has 0 aliphatic rings. The highest BCUT2D eigenvalue weighted by atomic mass is 79.9. The van der Waals surface area contributed by atoms with Crippen LogP contribution in [0.3, 0.4) is 0 Å². The van der Waals surface area contributed by atoms with Crippen molar-refractivity contribution in [3.05, 3.63) is 28.5 Å². The largest absolute Gasteiger partial charge is 0.386 e. The lowest BCUT2D eigenvalue weighted by Crippen LogP contribution is -2.35. The normalized spacial score (nSPS) is 13.9. The second kappa shape index (κ2) is 6.00. The molecule has 0 aliphatic carbocycles. The van der Waals surface area contributed by atoms with Crippen LogP contribution in [-0.4, -0.2) is 32.6 Å². The third kappa shape index (κ3) is 3.94. The standard InChI is InChI=1S/C9H9BrF3NO3S/c10-6-2-1-5(3-7(6)11)18(16,17)14-4-8(15)9(12)13/h1-3,8-9,14-15H,4H2. The van der Waals surface area contributed by atoms with Gasteiger partial charge in [0.2, 0.25) is 10.0 Å². The van der Waals surface area contributed by atoms with Crippen molar-refractivity contribution >= 4 is 26.0 Å². The summed E-state index contributed by atoms with van der Waals surface area (Å²) in [4.78, 5) is -0.412. The number of hydrogen-bond acceptors (Lipinski definition) is 3. The molecule has 0 spiro atoms. The molecule has 0 fully saturated rings. The Hall–Kier alpha value is -0.640. The average molecular weight is 348 g/mol. The molecule has 9 heteroatoms. The zero-order chi connectivity index (χ0) is 13.9. The molecule has 102 valence electrons. The molecule has 0 bridgehead atoms. The first kappa shape index (κ1) is 15.4. The van der Waals surface area contributed by atoms with Crippen LogP contribution in [0.5, 0.6) is 0 Å². The summed E-state index contributed by atoms with van der Waals surface area (Å²) < 4.78 is 62.1. The van der Waals surface area contributed by atoms with Crippen LogP contribution in [0.1, 0.15) is 0 Å². The smallest absolute Gasteiger partial charge is 0.265 e. The Morgan fingerprint density at radius 3 is 2.50 bits per heavy atom. The van der Waals surface area contributed by atoms with Crippen LogP contribution < -0.4 is 4.72 Å². The lowest BCUT2D eigenvalue weighted by molar-refractivity contribution is -0.000452. The van der Waals surface area contributed by atoms with Crippen molar-refractivity contribution in [2.24, 2.45) is 0 Å². The van der Waals surface area contributed by atoms with Gasteiger partial charge in [-0.1, -0.05) is 0 Å². The SMILES string of the molecule is O=S(=O)(NCC(O)C(F)F)c1ccc(Br)c(F)c1. The van der Waals surface area contributed by atoms with Gasteiger partial charge in [-0.15, -0.1) is 0 Å². The third-order valence-corrected chi connectivity index (χ3v) is 4.04. The highest BCUT2D eigenvalue weighted by molar-refractivity contribution is 9.10. The van der Waals surface area contributed by atoms with Crippen LogP contribution in [0.2, 0.25) is 0 Å². The second-order valence-corrected chi connectivity index (χ2v) is 5.95. The predicted octanol–water partition coefficient (Wildman–Crippen LogP) is 1.49. The zero-order valence-corrected chi connectivity index (χ0v) is 11.2. The number of benzene rings is 1. The molecule has 0 amide bonds. The third-order valence-electron chi connectivity index (χ3n) is 1.97. The molecule has 1 unspecified atom stereocenters. The number of halogens is 4. The van der Waals surface area contributed by atoms with Crippen molar-refractivity contribution in [1.29, 1.82) is 0 Å². The Kier molecular flexibility index (Phi) is 5.14. The van der Waals surface area contributed by atoms with Gasteiger partial charge in [-0.3, -0.25) is 0 Å². The van der Waals surface area contributed by atoms with E-state index in [0.29, 0.717) is 0 Å². The van der Waals surface area contributed by atoms with E-state index in [4.69, 9.17) is 5.11 Å². The van der Waals surface area contributed by atoms with Crippen molar-refractivity contribution in [3.63, 3.8) is 0 Å². The lowest BCUT2D eigenvalue weighted by atomic mass is 10.3. The van der Waals surface area contributed by atoms with Crippen LogP contribution in [0, 0.1) is 5.82 Å². The van der Waals surface area contributed by atoms with E-state index >= 15 is 0 Å². The van der Waals surface area contributed by atoms with E-state index in [-0.39, 0.29) is 4.47 Å². The summed E-state index contributed by atoms with van der Waals surface area (Å²) in [5, 5.41) is 8.78. The lowest BCUT2D eigenvalue weighted by Gasteiger charge is -2.11. The molecule has 0 aromatic heterocycles. The number of aliphatic hydroxyl groups excluding tert-OH is 1. The molecule has 0 saturated heterocycles. The molecular weight excluding hydrogens is 339 g/mol. The minimum absolute atomic E-state index is 0.0778. The van der Waals surface area contributed by atoms with Gasteiger partial charge in [0.25, 0.3) is 6.43 Å². The van der Waals surface area contributed by atoms with E-state index in [9.17, 15) is 21.6 Å². The molecule has 1 rings (SSSR count). The van der Waals surface area contributed by atoms with Gasteiger partial charge in [-0.2, -0.15) is 0 Å². The molecule has 1 atom stereocenters. The van der Waals surface area contributed by atoms with Gasteiger partial charge in [0.05, 0.1) is 9.37 Å². The summed E-state index contributed by atoms with van der Waals surface area (Å²) in [6.45, 7) is -0.850. The summed E-state index contributed by atoms with van der Waals surface area (Å²) in [5.74, 6) is -0.799. The van der Waals surface area contributed by atoms with Gasteiger partial charge in [-0.25, -0.2) is 26.3 Å². The highest BCUT2D eigenvalue weighted by Gasteiger charge is 2.21. The summed E-state index contributed by atoms with van der Waals surface area (Å²) in [5.41, 5.74) is 0. The van der Waals surface area contributed by atoms with E-state index in [2.05, 4.69) is 15.9 Å². The number of alkyl halides is 2. The molecule has 0 heterocycles. The fourth-order valence-electron chi connectivity index (χ4n) is 1.01. The molecular formula is C9H9BrF3NO3S. The van der Waals surface area contributed by atoms with Crippen LogP contribution in [0.25, 0.3) is 0 Å². The molecule has 1 aromatic rings. The van der Waals surface area contributed by atoms with Gasteiger partial charge >= 0.3 is 0 Å². The number of rotatable bonds is 5. The van der Waals surface area contributed by atoms with E-state index in [1.807, 2.05) is 0 Å². The van der Waals surface area contributed by atoms with Crippen molar-refractivity contribution in [1.82, 2.24) is 4.72 Å². The van der Waals surface area contributed by atoms with Crippen LogP contribution >= 0.6 is 15.9 Å². The summed E-state index contributed by atoms with van der Waals surface area (Å²) in [6.07, 6.45) is -5.17. The number of hydrogen-bond donors (Lipinski definition) is 2. The van der Waals surface area contributed by atoms with Crippen LogP contribution in [0.15, 0.2) is 27.6 Å². The van der Waals surface area contributed by atoms with Gasteiger partial charge in [0.1, 0.15) is 11.9 Å². The minimum Gasteiger partial charge on any atom is -0.386 e. The molecule has 4 nitrogen and oxygen atoms in total. The van der Waals surface area contributed by atoms with Crippen molar-refractivity contribution in [2.45, 2.75) is 17.4 Å². The van der Waals surface area contributed by atoms with Gasteiger partial charge in [0, 0.05) is 6.54 Å². The zero-order valence-electron chi connectivity index (χ0n) is 8.78. The topological polar surface area (TPSA) is 66.4 Å². The van der Waals surface area contributed by atoms with E-state index in [1.54, 1.807) is 4.72 Å². The maximum absolute atomic E-state index is 13.1. The molecule has 0 radical (unpaired) electrons. The second-order valence-electron chi connectivity index (χ2n) is 3.33. The summed E-state index contributed by atoms with van der Waals surface area (Å²) >= 11 is 2.85. The van der Waals surface area contributed by atoms with E-state index in [1.165, 1.54) is 6.07 Å². The summed E-state index contributed by atoms with van der Waals surface area (Å²) in [6, 6.07) is 3.01. The first-order valence-corrected chi connectivity index (χ1v) is 6.92. The quantitative estimate of drug-likeness (QED) is 0.848. The average Bonchev–Trinajstić information content (AvgIpc) is 2.29. The number of aliphatic hydroxyl groups is 1. The number of nitrogens with one attached hydrogen (secondary N) is 1. The fraction of sp³-hybridized carbons (Fsp3) is 0.333.